The van der Waals surface area contributed by atoms with Gasteiger partial charge in [-0.3, -0.25) is 4.79 Å². The van der Waals surface area contributed by atoms with Gasteiger partial charge in [0.25, 0.3) is 5.91 Å². The highest BCUT2D eigenvalue weighted by Gasteiger charge is 2.30. The number of benzene rings is 1. The molecular weight excluding hydrogens is 383 g/mol. The Bertz CT molecular complexity index is 640. The SMILES string of the molecule is NCC1c2ccccc2CCN1C(=O)c1csc(I)c1. The summed E-state index contributed by atoms with van der Waals surface area (Å²) in [5.41, 5.74) is 9.22. The fourth-order valence-corrected chi connectivity index (χ4v) is 4.06. The highest BCUT2D eigenvalue weighted by molar-refractivity contribution is 14.1. The van der Waals surface area contributed by atoms with Gasteiger partial charge in [-0.2, -0.15) is 0 Å². The molecule has 1 atom stereocenters. The second-order valence-corrected chi connectivity index (χ2v) is 7.64. The minimum atomic E-state index is -0.00925. The molecule has 0 saturated heterocycles. The van der Waals surface area contributed by atoms with Crippen LogP contribution in [0.25, 0.3) is 0 Å². The Morgan fingerprint density at radius 2 is 2.25 bits per heavy atom. The Hall–Kier alpha value is -0.920. The van der Waals surface area contributed by atoms with Gasteiger partial charge >= 0.3 is 0 Å². The number of carbonyl (C=O) groups excluding carboxylic acids is 1. The molecule has 0 fully saturated rings. The first kappa shape index (κ1) is 14.0. The summed E-state index contributed by atoms with van der Waals surface area (Å²) < 4.78 is 1.13. The van der Waals surface area contributed by atoms with E-state index in [1.54, 1.807) is 11.3 Å². The monoisotopic (exact) mass is 398 g/mol. The van der Waals surface area contributed by atoms with E-state index in [1.165, 1.54) is 11.1 Å². The predicted octanol–water partition coefficient (Wildman–Crippen LogP) is 3.05. The number of hydrogen-bond donors (Lipinski definition) is 1. The lowest BCUT2D eigenvalue weighted by Gasteiger charge is -2.36. The molecule has 2 heterocycles. The molecule has 20 heavy (non-hydrogen) atoms. The lowest BCUT2D eigenvalue weighted by Crippen LogP contribution is -2.43. The number of rotatable bonds is 2. The predicted molar refractivity (Wildman–Crippen MR) is 90.0 cm³/mol. The van der Waals surface area contributed by atoms with Gasteiger partial charge in [0.2, 0.25) is 0 Å². The normalized spacial score (nSPS) is 17.9. The number of amides is 1. The van der Waals surface area contributed by atoms with Crippen LogP contribution in [0, 0.1) is 2.88 Å². The maximum Gasteiger partial charge on any atom is 0.255 e. The number of carbonyl (C=O) groups is 1. The topological polar surface area (TPSA) is 46.3 Å². The molecular formula is C15H15IN2OS. The maximum absolute atomic E-state index is 12.7. The van der Waals surface area contributed by atoms with Crippen LogP contribution in [0.3, 0.4) is 0 Å². The molecule has 5 heteroatoms. The van der Waals surface area contributed by atoms with Gasteiger partial charge in [0.15, 0.2) is 0 Å². The first-order chi connectivity index (χ1) is 9.70. The van der Waals surface area contributed by atoms with E-state index in [1.807, 2.05) is 28.5 Å². The van der Waals surface area contributed by atoms with Crippen LogP contribution in [-0.2, 0) is 6.42 Å². The molecule has 1 amide bonds. The molecule has 2 aromatic rings. The molecule has 1 aliphatic heterocycles. The van der Waals surface area contributed by atoms with Crippen molar-refractivity contribution in [2.24, 2.45) is 5.73 Å². The molecule has 0 saturated carbocycles. The van der Waals surface area contributed by atoms with Gasteiger partial charge in [0.1, 0.15) is 0 Å². The molecule has 1 aromatic carbocycles. The van der Waals surface area contributed by atoms with Crippen LogP contribution in [0.4, 0.5) is 0 Å². The summed E-state index contributed by atoms with van der Waals surface area (Å²) in [5, 5.41) is 1.93. The molecule has 0 bridgehead atoms. The van der Waals surface area contributed by atoms with E-state index in [4.69, 9.17) is 5.73 Å². The molecule has 3 rings (SSSR count). The fraction of sp³-hybridized carbons (Fsp3) is 0.267. The van der Waals surface area contributed by atoms with Crippen LogP contribution < -0.4 is 5.73 Å². The van der Waals surface area contributed by atoms with E-state index < -0.39 is 0 Å². The lowest BCUT2D eigenvalue weighted by molar-refractivity contribution is 0.0668. The van der Waals surface area contributed by atoms with Crippen molar-refractivity contribution < 1.29 is 4.79 Å². The van der Waals surface area contributed by atoms with Gasteiger partial charge in [0, 0.05) is 18.5 Å². The quantitative estimate of drug-likeness (QED) is 0.791. The molecule has 0 aliphatic carbocycles. The molecule has 104 valence electrons. The first-order valence-electron chi connectivity index (χ1n) is 6.53. The van der Waals surface area contributed by atoms with Crippen molar-refractivity contribution in [2.75, 3.05) is 13.1 Å². The van der Waals surface area contributed by atoms with Crippen molar-refractivity contribution in [3.8, 4) is 0 Å². The van der Waals surface area contributed by atoms with E-state index in [-0.39, 0.29) is 11.9 Å². The third kappa shape index (κ3) is 2.49. The fourth-order valence-electron chi connectivity index (χ4n) is 2.74. The van der Waals surface area contributed by atoms with Gasteiger partial charge in [-0.15, -0.1) is 11.3 Å². The van der Waals surface area contributed by atoms with E-state index in [0.29, 0.717) is 6.54 Å². The van der Waals surface area contributed by atoms with E-state index in [0.717, 1.165) is 21.4 Å². The summed E-state index contributed by atoms with van der Waals surface area (Å²) in [6.07, 6.45) is 0.902. The van der Waals surface area contributed by atoms with Crippen molar-refractivity contribution in [2.45, 2.75) is 12.5 Å². The highest BCUT2D eigenvalue weighted by Crippen LogP contribution is 2.30. The van der Waals surface area contributed by atoms with Crippen molar-refractivity contribution in [1.29, 1.82) is 0 Å². The summed E-state index contributed by atoms with van der Waals surface area (Å²) in [6.45, 7) is 1.20. The Morgan fingerprint density at radius 3 is 2.95 bits per heavy atom. The minimum absolute atomic E-state index is 0.00925. The van der Waals surface area contributed by atoms with Gasteiger partial charge in [-0.1, -0.05) is 24.3 Å². The number of thiophene rings is 1. The number of halogens is 1. The summed E-state index contributed by atoms with van der Waals surface area (Å²) in [7, 11) is 0. The Kier molecular flexibility index (Phi) is 4.09. The van der Waals surface area contributed by atoms with Crippen molar-refractivity contribution in [1.82, 2.24) is 4.90 Å². The van der Waals surface area contributed by atoms with Crippen LogP contribution >= 0.6 is 33.9 Å². The van der Waals surface area contributed by atoms with Crippen molar-refractivity contribution in [3.63, 3.8) is 0 Å². The minimum Gasteiger partial charge on any atom is -0.330 e. The average molecular weight is 398 g/mol. The third-order valence-corrected chi connectivity index (χ3v) is 5.50. The van der Waals surface area contributed by atoms with Crippen LogP contribution in [0.2, 0.25) is 0 Å². The summed E-state index contributed by atoms with van der Waals surface area (Å²) in [4.78, 5) is 14.6. The third-order valence-electron chi connectivity index (χ3n) is 3.71. The van der Waals surface area contributed by atoms with Gasteiger partial charge in [-0.05, 0) is 46.2 Å². The molecule has 0 radical (unpaired) electrons. The van der Waals surface area contributed by atoms with Crippen molar-refractivity contribution >= 4 is 39.8 Å². The largest absolute Gasteiger partial charge is 0.330 e. The van der Waals surface area contributed by atoms with Gasteiger partial charge in [-0.25, -0.2) is 0 Å². The standard InChI is InChI=1S/C15H15IN2OS/c16-14-7-11(9-20-14)15(19)18-6-5-10-3-1-2-4-12(10)13(18)8-17/h1-4,7,9,13H,5-6,8,17H2. The van der Waals surface area contributed by atoms with Crippen molar-refractivity contribution in [3.05, 3.63) is 55.3 Å². The number of nitrogens with zero attached hydrogens (tertiary/aromatic N) is 1. The zero-order valence-corrected chi connectivity index (χ0v) is 13.9. The zero-order chi connectivity index (χ0) is 14.1. The van der Waals surface area contributed by atoms with Gasteiger partial charge < -0.3 is 10.6 Å². The van der Waals surface area contributed by atoms with E-state index in [9.17, 15) is 4.79 Å². The molecule has 2 N–H and O–H groups in total. The molecule has 3 nitrogen and oxygen atoms in total. The van der Waals surface area contributed by atoms with Gasteiger partial charge in [0.05, 0.1) is 14.5 Å². The van der Waals surface area contributed by atoms with Crippen LogP contribution in [0.15, 0.2) is 35.7 Å². The Balaban J connectivity index is 1.93. The summed E-state index contributed by atoms with van der Waals surface area (Å²) in [6, 6.07) is 10.2. The number of fused-ring (bicyclic) bond motifs is 1. The first-order valence-corrected chi connectivity index (χ1v) is 8.49. The maximum atomic E-state index is 12.7. The molecule has 0 spiro atoms. The smallest absolute Gasteiger partial charge is 0.255 e. The highest BCUT2D eigenvalue weighted by atomic mass is 127. The number of hydrogen-bond acceptors (Lipinski definition) is 3. The summed E-state index contributed by atoms with van der Waals surface area (Å²) in [5.74, 6) is 0.0918. The Morgan fingerprint density at radius 1 is 1.45 bits per heavy atom. The average Bonchev–Trinajstić information content (AvgIpc) is 2.91. The van der Waals surface area contributed by atoms with Crippen LogP contribution in [0.5, 0.6) is 0 Å². The zero-order valence-electron chi connectivity index (χ0n) is 10.9. The second kappa shape index (κ2) is 5.83. The Labute approximate surface area is 135 Å². The summed E-state index contributed by atoms with van der Waals surface area (Å²) >= 11 is 3.84. The second-order valence-electron chi connectivity index (χ2n) is 4.84. The molecule has 1 unspecified atom stereocenters. The van der Waals surface area contributed by atoms with E-state index >= 15 is 0 Å². The van der Waals surface area contributed by atoms with Crippen LogP contribution in [-0.4, -0.2) is 23.9 Å². The number of nitrogens with two attached hydrogens (primary N) is 1. The van der Waals surface area contributed by atoms with E-state index in [2.05, 4.69) is 34.7 Å². The molecule has 1 aliphatic rings. The molecule has 1 aromatic heterocycles. The van der Waals surface area contributed by atoms with Crippen LogP contribution in [0.1, 0.15) is 27.5 Å². The lowest BCUT2D eigenvalue weighted by atomic mass is 9.92.